The van der Waals surface area contributed by atoms with Crippen LogP contribution in [-0.2, 0) is 4.79 Å². The Balaban J connectivity index is 1.94. The molecule has 2 rings (SSSR count). The Labute approximate surface area is 131 Å². The van der Waals surface area contributed by atoms with E-state index in [9.17, 15) is 9.90 Å². The van der Waals surface area contributed by atoms with Gasteiger partial charge in [0.25, 0.3) is 0 Å². The van der Waals surface area contributed by atoms with Crippen LogP contribution in [0.3, 0.4) is 0 Å². The van der Waals surface area contributed by atoms with Crippen LogP contribution in [0.15, 0.2) is 29.2 Å². The molecule has 116 valence electrons. The van der Waals surface area contributed by atoms with E-state index in [-0.39, 0.29) is 18.1 Å². The molecule has 0 spiro atoms. The number of amides is 1. The van der Waals surface area contributed by atoms with Crippen molar-refractivity contribution in [2.75, 3.05) is 32.9 Å². The van der Waals surface area contributed by atoms with Crippen molar-refractivity contribution in [3.63, 3.8) is 0 Å². The van der Waals surface area contributed by atoms with Gasteiger partial charge in [0.2, 0.25) is 5.91 Å². The lowest BCUT2D eigenvalue weighted by Gasteiger charge is -2.26. The molecular formula is C16H24N2O2S. The molecule has 1 aliphatic heterocycles. The van der Waals surface area contributed by atoms with E-state index in [1.807, 2.05) is 37.2 Å². The minimum Gasteiger partial charge on any atom is -0.391 e. The molecule has 1 N–H and O–H groups in total. The highest BCUT2D eigenvalue weighted by molar-refractivity contribution is 8.00. The number of likely N-dealkylation sites (tertiary alicyclic amines) is 1. The van der Waals surface area contributed by atoms with Crippen molar-refractivity contribution in [1.82, 2.24) is 9.80 Å². The van der Waals surface area contributed by atoms with Gasteiger partial charge >= 0.3 is 0 Å². The zero-order chi connectivity index (χ0) is 15.4. The van der Waals surface area contributed by atoms with Crippen LogP contribution >= 0.6 is 11.8 Å². The van der Waals surface area contributed by atoms with Crippen molar-refractivity contribution >= 4 is 17.7 Å². The van der Waals surface area contributed by atoms with E-state index in [1.165, 1.54) is 5.56 Å². The fraction of sp³-hybridized carbons (Fsp3) is 0.562. The number of β-amino-alcohol motifs (C(OH)–C–C–N with tert-alkyl or cyclic N) is 1. The monoisotopic (exact) mass is 308 g/mol. The summed E-state index contributed by atoms with van der Waals surface area (Å²) in [4.78, 5) is 17.5. The lowest BCUT2D eigenvalue weighted by atomic mass is 10.2. The van der Waals surface area contributed by atoms with Crippen molar-refractivity contribution in [2.24, 2.45) is 0 Å². The molecule has 21 heavy (non-hydrogen) atoms. The number of hydrogen-bond acceptors (Lipinski definition) is 4. The molecule has 1 aromatic carbocycles. The van der Waals surface area contributed by atoms with Gasteiger partial charge in [-0.25, -0.2) is 0 Å². The standard InChI is InChI=1S/C16H24N2O2S/c1-12-6-4-5-7-15(12)21-11-16(20)18-10-14(19)8-13(18)9-17(2)3/h4-7,13-14,19H,8-11H2,1-3H3. The van der Waals surface area contributed by atoms with E-state index in [1.54, 1.807) is 11.8 Å². The van der Waals surface area contributed by atoms with Crippen molar-refractivity contribution < 1.29 is 9.90 Å². The van der Waals surface area contributed by atoms with Crippen LogP contribution in [0.5, 0.6) is 0 Å². The second-order valence-corrected chi connectivity index (χ2v) is 6.92. The SMILES string of the molecule is Cc1ccccc1SCC(=O)N1CC(O)CC1CN(C)C. The van der Waals surface area contributed by atoms with Gasteiger partial charge in [-0.1, -0.05) is 18.2 Å². The van der Waals surface area contributed by atoms with Crippen LogP contribution in [0.25, 0.3) is 0 Å². The summed E-state index contributed by atoms with van der Waals surface area (Å²) >= 11 is 1.58. The first-order chi connectivity index (χ1) is 9.97. The average molecular weight is 308 g/mol. The number of rotatable bonds is 5. The summed E-state index contributed by atoms with van der Waals surface area (Å²) in [7, 11) is 3.99. The number of likely N-dealkylation sites (N-methyl/N-ethyl adjacent to an activating group) is 1. The third-order valence-corrected chi connectivity index (χ3v) is 4.89. The number of carbonyl (C=O) groups excluding carboxylic acids is 1. The van der Waals surface area contributed by atoms with Crippen LogP contribution in [0.4, 0.5) is 0 Å². The molecule has 0 aliphatic carbocycles. The molecule has 1 heterocycles. The highest BCUT2D eigenvalue weighted by atomic mass is 32.2. The predicted molar refractivity (Wildman–Crippen MR) is 86.6 cm³/mol. The smallest absolute Gasteiger partial charge is 0.233 e. The molecule has 1 saturated heterocycles. The lowest BCUT2D eigenvalue weighted by Crippen LogP contribution is -2.42. The first kappa shape index (κ1) is 16.3. The first-order valence-corrected chi connectivity index (χ1v) is 8.26. The Hall–Kier alpha value is -1.04. The highest BCUT2D eigenvalue weighted by Gasteiger charge is 2.34. The Morgan fingerprint density at radius 2 is 2.14 bits per heavy atom. The number of aliphatic hydroxyl groups is 1. The molecule has 0 saturated carbocycles. The third kappa shape index (κ3) is 4.46. The number of aliphatic hydroxyl groups excluding tert-OH is 1. The summed E-state index contributed by atoms with van der Waals surface area (Å²) in [6.07, 6.45) is 0.293. The van der Waals surface area contributed by atoms with Gasteiger partial charge in [0, 0.05) is 24.0 Å². The normalized spacial score (nSPS) is 22.0. The van der Waals surface area contributed by atoms with Gasteiger partial charge < -0.3 is 14.9 Å². The Bertz CT molecular complexity index is 493. The van der Waals surface area contributed by atoms with Crippen LogP contribution in [0.1, 0.15) is 12.0 Å². The lowest BCUT2D eigenvalue weighted by molar-refractivity contribution is -0.129. The molecule has 4 nitrogen and oxygen atoms in total. The molecule has 5 heteroatoms. The molecule has 2 unspecified atom stereocenters. The minimum atomic E-state index is -0.387. The summed E-state index contributed by atoms with van der Waals surface area (Å²) in [5.74, 6) is 0.549. The quantitative estimate of drug-likeness (QED) is 0.839. The van der Waals surface area contributed by atoms with E-state index >= 15 is 0 Å². The van der Waals surface area contributed by atoms with E-state index in [4.69, 9.17) is 0 Å². The molecule has 1 amide bonds. The fourth-order valence-corrected chi connectivity index (χ4v) is 3.65. The Morgan fingerprint density at radius 3 is 2.81 bits per heavy atom. The molecule has 0 radical (unpaired) electrons. The largest absolute Gasteiger partial charge is 0.391 e. The van der Waals surface area contributed by atoms with E-state index in [2.05, 4.69) is 17.9 Å². The second kappa shape index (κ2) is 7.29. The average Bonchev–Trinajstić information content (AvgIpc) is 2.77. The number of aryl methyl sites for hydroxylation is 1. The van der Waals surface area contributed by atoms with Gasteiger partial charge in [-0.3, -0.25) is 4.79 Å². The van der Waals surface area contributed by atoms with Gasteiger partial charge in [0.1, 0.15) is 0 Å². The number of thioether (sulfide) groups is 1. The predicted octanol–water partition coefficient (Wildman–Crippen LogP) is 1.61. The first-order valence-electron chi connectivity index (χ1n) is 7.28. The number of hydrogen-bond donors (Lipinski definition) is 1. The highest BCUT2D eigenvalue weighted by Crippen LogP contribution is 2.24. The van der Waals surface area contributed by atoms with Crippen LogP contribution < -0.4 is 0 Å². The van der Waals surface area contributed by atoms with Crippen LogP contribution in [0, 0.1) is 6.92 Å². The molecule has 2 atom stereocenters. The Morgan fingerprint density at radius 1 is 1.43 bits per heavy atom. The van der Waals surface area contributed by atoms with Crippen LogP contribution in [-0.4, -0.2) is 65.9 Å². The maximum absolute atomic E-state index is 12.4. The maximum atomic E-state index is 12.4. The van der Waals surface area contributed by atoms with Gasteiger partial charge in [0.15, 0.2) is 0 Å². The number of benzene rings is 1. The van der Waals surface area contributed by atoms with Crippen molar-refractivity contribution in [2.45, 2.75) is 30.4 Å². The maximum Gasteiger partial charge on any atom is 0.233 e. The van der Waals surface area contributed by atoms with Crippen LogP contribution in [0.2, 0.25) is 0 Å². The fourth-order valence-electron chi connectivity index (χ4n) is 2.73. The zero-order valence-corrected chi connectivity index (χ0v) is 13.8. The van der Waals surface area contributed by atoms with Gasteiger partial charge in [-0.2, -0.15) is 0 Å². The number of carbonyl (C=O) groups is 1. The Kier molecular flexibility index (Phi) is 5.67. The molecule has 1 aliphatic rings. The van der Waals surface area contributed by atoms with E-state index in [0.717, 1.165) is 11.4 Å². The minimum absolute atomic E-state index is 0.117. The van der Waals surface area contributed by atoms with Gasteiger partial charge in [-0.05, 0) is 39.1 Å². The third-order valence-electron chi connectivity index (χ3n) is 3.73. The van der Waals surface area contributed by atoms with Crippen molar-refractivity contribution in [1.29, 1.82) is 0 Å². The van der Waals surface area contributed by atoms with E-state index in [0.29, 0.717) is 18.7 Å². The topological polar surface area (TPSA) is 43.8 Å². The molecule has 1 aromatic rings. The summed E-state index contributed by atoms with van der Waals surface area (Å²) < 4.78 is 0. The number of nitrogens with zero attached hydrogens (tertiary/aromatic N) is 2. The molecule has 0 aromatic heterocycles. The van der Waals surface area contributed by atoms with Gasteiger partial charge in [0.05, 0.1) is 11.9 Å². The van der Waals surface area contributed by atoms with Crippen molar-refractivity contribution in [3.05, 3.63) is 29.8 Å². The summed E-state index contributed by atoms with van der Waals surface area (Å²) in [6.45, 7) is 3.32. The molecule has 1 fully saturated rings. The van der Waals surface area contributed by atoms with Gasteiger partial charge in [-0.15, -0.1) is 11.8 Å². The summed E-state index contributed by atoms with van der Waals surface area (Å²) in [6, 6.07) is 8.23. The molecular weight excluding hydrogens is 284 g/mol. The van der Waals surface area contributed by atoms with E-state index < -0.39 is 0 Å². The zero-order valence-electron chi connectivity index (χ0n) is 13.0. The van der Waals surface area contributed by atoms with Crippen molar-refractivity contribution in [3.8, 4) is 0 Å². The second-order valence-electron chi connectivity index (χ2n) is 5.91. The summed E-state index contributed by atoms with van der Waals surface area (Å²) in [5, 5.41) is 9.84. The molecule has 0 bridgehead atoms. The summed E-state index contributed by atoms with van der Waals surface area (Å²) in [5.41, 5.74) is 1.20.